The van der Waals surface area contributed by atoms with Crippen LogP contribution < -0.4 is 5.63 Å². The summed E-state index contributed by atoms with van der Waals surface area (Å²) >= 11 is 0. The average Bonchev–Trinajstić information content (AvgIpc) is 2.47. The van der Waals surface area contributed by atoms with Gasteiger partial charge in [0.05, 0.1) is 0 Å². The minimum atomic E-state index is -1.28. The van der Waals surface area contributed by atoms with Crippen LogP contribution in [0.4, 0.5) is 0 Å². The predicted octanol–water partition coefficient (Wildman–Crippen LogP) is 3.08. The molecule has 21 heavy (non-hydrogen) atoms. The van der Waals surface area contributed by atoms with Crippen LogP contribution in [0.3, 0.4) is 0 Å². The first-order valence-corrected chi connectivity index (χ1v) is 6.47. The standard InChI is InChI=1S/C17H12O4/c18-16(19)14-10-13-9-12(6-7-15(13)21-17(14)20)8-11-4-2-1-3-5-11/h1-7,9-10H,8H2,(H,18,19). The van der Waals surface area contributed by atoms with E-state index in [1.54, 1.807) is 6.07 Å². The summed E-state index contributed by atoms with van der Waals surface area (Å²) in [5.74, 6) is -1.28. The van der Waals surface area contributed by atoms with Crippen molar-refractivity contribution in [3.8, 4) is 0 Å². The molecule has 0 aliphatic rings. The molecule has 1 N–H and O–H groups in total. The molecule has 3 rings (SSSR count). The summed E-state index contributed by atoms with van der Waals surface area (Å²) in [6.45, 7) is 0. The van der Waals surface area contributed by atoms with Crippen molar-refractivity contribution in [2.75, 3.05) is 0 Å². The zero-order chi connectivity index (χ0) is 14.8. The fourth-order valence-corrected chi connectivity index (χ4v) is 2.26. The second-order valence-electron chi connectivity index (χ2n) is 4.79. The second-order valence-corrected chi connectivity index (χ2v) is 4.79. The van der Waals surface area contributed by atoms with Gasteiger partial charge in [-0.1, -0.05) is 36.4 Å². The fraction of sp³-hybridized carbons (Fsp3) is 0.0588. The molecule has 0 aliphatic heterocycles. The molecule has 0 fully saturated rings. The molecular formula is C17H12O4. The highest BCUT2D eigenvalue weighted by molar-refractivity contribution is 5.91. The lowest BCUT2D eigenvalue weighted by atomic mass is 10.0. The van der Waals surface area contributed by atoms with Gasteiger partial charge in [-0.25, -0.2) is 9.59 Å². The van der Waals surface area contributed by atoms with Gasteiger partial charge in [0.2, 0.25) is 0 Å². The topological polar surface area (TPSA) is 67.5 Å². The van der Waals surface area contributed by atoms with Gasteiger partial charge in [0.15, 0.2) is 0 Å². The minimum Gasteiger partial charge on any atom is -0.477 e. The predicted molar refractivity (Wildman–Crippen MR) is 78.7 cm³/mol. The number of carboxylic acids is 1. The van der Waals surface area contributed by atoms with Crippen LogP contribution in [0.2, 0.25) is 0 Å². The molecule has 2 aromatic carbocycles. The first kappa shape index (κ1) is 13.1. The summed E-state index contributed by atoms with van der Waals surface area (Å²) in [5, 5.41) is 9.58. The zero-order valence-corrected chi connectivity index (χ0v) is 11.1. The molecule has 0 spiro atoms. The monoisotopic (exact) mass is 280 g/mol. The summed E-state index contributed by atoms with van der Waals surface area (Å²) < 4.78 is 5.02. The number of fused-ring (bicyclic) bond motifs is 1. The summed E-state index contributed by atoms with van der Waals surface area (Å²) in [7, 11) is 0. The average molecular weight is 280 g/mol. The maximum Gasteiger partial charge on any atom is 0.351 e. The minimum absolute atomic E-state index is 0.348. The van der Waals surface area contributed by atoms with E-state index in [2.05, 4.69) is 0 Å². The van der Waals surface area contributed by atoms with Gasteiger partial charge in [0.1, 0.15) is 11.1 Å². The molecule has 3 aromatic rings. The van der Waals surface area contributed by atoms with Gasteiger partial charge in [-0.15, -0.1) is 0 Å². The Hall–Kier alpha value is -2.88. The maximum absolute atomic E-state index is 11.5. The van der Waals surface area contributed by atoms with Crippen LogP contribution in [0.5, 0.6) is 0 Å². The van der Waals surface area contributed by atoms with Gasteiger partial charge in [-0.2, -0.15) is 0 Å². The van der Waals surface area contributed by atoms with E-state index in [1.807, 2.05) is 42.5 Å². The van der Waals surface area contributed by atoms with Crippen molar-refractivity contribution in [3.05, 3.63) is 81.7 Å². The van der Waals surface area contributed by atoms with Crippen molar-refractivity contribution < 1.29 is 14.3 Å². The van der Waals surface area contributed by atoms with Crippen LogP contribution in [-0.4, -0.2) is 11.1 Å². The number of benzene rings is 2. The Kier molecular flexibility index (Phi) is 3.28. The zero-order valence-electron chi connectivity index (χ0n) is 11.1. The SMILES string of the molecule is O=C(O)c1cc2cc(Cc3ccccc3)ccc2oc1=O. The van der Waals surface area contributed by atoms with E-state index in [0.29, 0.717) is 11.0 Å². The number of carboxylic acid groups (broad SMARTS) is 1. The van der Waals surface area contributed by atoms with Crippen molar-refractivity contribution in [1.29, 1.82) is 0 Å². The lowest BCUT2D eigenvalue weighted by molar-refractivity contribution is 0.0692. The maximum atomic E-state index is 11.5. The Bertz CT molecular complexity index is 863. The molecule has 0 atom stereocenters. The smallest absolute Gasteiger partial charge is 0.351 e. The molecule has 0 saturated heterocycles. The second kappa shape index (κ2) is 5.25. The quantitative estimate of drug-likeness (QED) is 0.749. The van der Waals surface area contributed by atoms with Crippen molar-refractivity contribution in [1.82, 2.24) is 0 Å². The molecule has 0 saturated carbocycles. The Labute approximate surface area is 120 Å². The summed E-state index contributed by atoms with van der Waals surface area (Å²) in [5.41, 5.74) is 1.40. The lowest BCUT2D eigenvalue weighted by Crippen LogP contribution is -2.12. The number of carbonyl (C=O) groups is 1. The first-order valence-electron chi connectivity index (χ1n) is 6.47. The molecular weight excluding hydrogens is 268 g/mol. The first-order chi connectivity index (χ1) is 10.1. The van der Waals surface area contributed by atoms with Gasteiger partial charge >= 0.3 is 11.6 Å². The molecule has 1 heterocycles. The molecule has 4 heteroatoms. The van der Waals surface area contributed by atoms with E-state index < -0.39 is 11.6 Å². The molecule has 104 valence electrons. The van der Waals surface area contributed by atoms with Crippen LogP contribution in [0.25, 0.3) is 11.0 Å². The van der Waals surface area contributed by atoms with Gasteiger partial charge in [-0.05, 0) is 35.7 Å². The van der Waals surface area contributed by atoms with E-state index in [4.69, 9.17) is 9.52 Å². The molecule has 0 amide bonds. The normalized spacial score (nSPS) is 10.7. The van der Waals surface area contributed by atoms with E-state index in [0.717, 1.165) is 17.5 Å². The Balaban J connectivity index is 2.05. The Morgan fingerprint density at radius 2 is 1.76 bits per heavy atom. The van der Waals surface area contributed by atoms with Crippen LogP contribution in [0.1, 0.15) is 21.5 Å². The van der Waals surface area contributed by atoms with Crippen LogP contribution >= 0.6 is 0 Å². The highest BCUT2D eigenvalue weighted by Crippen LogP contribution is 2.18. The van der Waals surface area contributed by atoms with Crippen LogP contribution in [-0.2, 0) is 6.42 Å². The summed E-state index contributed by atoms with van der Waals surface area (Å²) in [6.07, 6.45) is 0.734. The largest absolute Gasteiger partial charge is 0.477 e. The summed E-state index contributed by atoms with van der Waals surface area (Å²) in [6, 6.07) is 16.7. The highest BCUT2D eigenvalue weighted by Gasteiger charge is 2.12. The number of hydrogen-bond acceptors (Lipinski definition) is 3. The third-order valence-electron chi connectivity index (χ3n) is 3.28. The lowest BCUT2D eigenvalue weighted by Gasteiger charge is -2.04. The van der Waals surface area contributed by atoms with Gasteiger partial charge in [0.25, 0.3) is 0 Å². The van der Waals surface area contributed by atoms with Crippen LogP contribution in [0, 0.1) is 0 Å². The van der Waals surface area contributed by atoms with Gasteiger partial charge < -0.3 is 9.52 Å². The highest BCUT2D eigenvalue weighted by atomic mass is 16.4. The van der Waals surface area contributed by atoms with E-state index >= 15 is 0 Å². The third-order valence-corrected chi connectivity index (χ3v) is 3.28. The molecule has 0 bridgehead atoms. The molecule has 0 radical (unpaired) electrons. The molecule has 0 aliphatic carbocycles. The van der Waals surface area contributed by atoms with Crippen molar-refractivity contribution in [2.45, 2.75) is 6.42 Å². The Morgan fingerprint density at radius 3 is 2.48 bits per heavy atom. The third kappa shape index (κ3) is 2.69. The fourth-order valence-electron chi connectivity index (χ4n) is 2.26. The molecule has 1 aromatic heterocycles. The van der Waals surface area contributed by atoms with Gasteiger partial charge in [-0.3, -0.25) is 0 Å². The van der Waals surface area contributed by atoms with E-state index in [9.17, 15) is 9.59 Å². The number of aromatic carboxylic acids is 1. The van der Waals surface area contributed by atoms with Crippen molar-refractivity contribution in [3.63, 3.8) is 0 Å². The molecule has 4 nitrogen and oxygen atoms in total. The molecule has 0 unspecified atom stereocenters. The van der Waals surface area contributed by atoms with Crippen LogP contribution in [0.15, 0.2) is 63.8 Å². The Morgan fingerprint density at radius 1 is 1.00 bits per heavy atom. The van der Waals surface area contributed by atoms with Gasteiger partial charge in [0, 0.05) is 5.39 Å². The summed E-state index contributed by atoms with van der Waals surface area (Å²) in [4.78, 5) is 22.5. The van der Waals surface area contributed by atoms with E-state index in [1.165, 1.54) is 6.07 Å². The number of rotatable bonds is 3. The number of hydrogen-bond donors (Lipinski definition) is 1. The van der Waals surface area contributed by atoms with Crippen molar-refractivity contribution in [2.24, 2.45) is 0 Å². The van der Waals surface area contributed by atoms with Crippen molar-refractivity contribution >= 4 is 16.9 Å². The van der Waals surface area contributed by atoms with E-state index in [-0.39, 0.29) is 5.56 Å².